The Morgan fingerprint density at radius 1 is 1.28 bits per heavy atom. The molecule has 2 aromatic carbocycles. The smallest absolute Gasteiger partial charge is 0.417 e. The lowest BCUT2D eigenvalue weighted by Gasteiger charge is -2.15. The molecule has 0 bridgehead atoms. The molecule has 1 amide bonds. The molecule has 4 nitrogen and oxygen atoms in total. The van der Waals surface area contributed by atoms with E-state index in [1.54, 1.807) is 19.2 Å². The lowest BCUT2D eigenvalue weighted by molar-refractivity contribution is -0.137. The van der Waals surface area contributed by atoms with Crippen LogP contribution in [0.15, 0.2) is 42.5 Å². The van der Waals surface area contributed by atoms with Crippen LogP contribution in [-0.2, 0) is 12.6 Å². The molecule has 25 heavy (non-hydrogen) atoms. The van der Waals surface area contributed by atoms with E-state index in [2.05, 4.69) is 5.32 Å². The molecule has 1 aliphatic heterocycles. The summed E-state index contributed by atoms with van der Waals surface area (Å²) < 4.78 is 49.8. The number of hydrogen-bond acceptors (Lipinski definition) is 3. The zero-order valence-corrected chi connectivity index (χ0v) is 13.4. The van der Waals surface area contributed by atoms with Gasteiger partial charge in [0.05, 0.1) is 24.8 Å². The molecule has 0 aromatic heterocycles. The molecule has 3 rings (SSSR count). The van der Waals surface area contributed by atoms with E-state index in [-0.39, 0.29) is 12.6 Å². The quantitative estimate of drug-likeness (QED) is 0.918. The Labute approximate surface area is 142 Å². The van der Waals surface area contributed by atoms with E-state index in [4.69, 9.17) is 9.47 Å². The molecule has 0 aliphatic carbocycles. The largest absolute Gasteiger partial charge is 0.497 e. The summed E-state index contributed by atoms with van der Waals surface area (Å²) in [6.07, 6.45) is -4.36. The number of carbonyl (C=O) groups is 1. The molecule has 1 heterocycles. The summed E-state index contributed by atoms with van der Waals surface area (Å²) in [6, 6.07) is 10.1. The second-order valence-corrected chi connectivity index (χ2v) is 5.67. The van der Waals surface area contributed by atoms with Gasteiger partial charge in [-0.2, -0.15) is 13.2 Å². The summed E-state index contributed by atoms with van der Waals surface area (Å²) in [6.45, 7) is 0.113. The zero-order valence-electron chi connectivity index (χ0n) is 13.4. The van der Waals surface area contributed by atoms with Crippen molar-refractivity contribution >= 4 is 5.91 Å². The van der Waals surface area contributed by atoms with Crippen molar-refractivity contribution in [1.29, 1.82) is 0 Å². The third kappa shape index (κ3) is 3.70. The molecular weight excluding hydrogens is 335 g/mol. The highest BCUT2D eigenvalue weighted by atomic mass is 19.4. The van der Waals surface area contributed by atoms with Crippen molar-refractivity contribution in [2.24, 2.45) is 0 Å². The summed E-state index contributed by atoms with van der Waals surface area (Å²) >= 11 is 0. The standard InChI is InChI=1S/C18H16F3NO3/c1-24-12-6-7-16-11(8-12)9-13(25-16)10-22-17(23)14-4-2-3-5-15(14)18(19,20)21/h2-8,13H,9-10H2,1H3,(H,22,23)/t13-/m1/s1. The van der Waals surface area contributed by atoms with Crippen molar-refractivity contribution in [1.82, 2.24) is 5.32 Å². The first-order valence-electron chi connectivity index (χ1n) is 7.66. The number of carbonyl (C=O) groups excluding carboxylic acids is 1. The van der Waals surface area contributed by atoms with E-state index in [1.807, 2.05) is 6.07 Å². The Kier molecular flexibility index (Phi) is 4.57. The zero-order chi connectivity index (χ0) is 18.0. The summed E-state index contributed by atoms with van der Waals surface area (Å²) in [7, 11) is 1.56. The minimum atomic E-state index is -4.58. The minimum absolute atomic E-state index is 0.113. The van der Waals surface area contributed by atoms with E-state index < -0.39 is 23.2 Å². The van der Waals surface area contributed by atoms with Crippen molar-refractivity contribution in [3.63, 3.8) is 0 Å². The summed E-state index contributed by atoms with van der Waals surface area (Å²) in [4.78, 5) is 12.2. The second-order valence-electron chi connectivity index (χ2n) is 5.67. The van der Waals surface area contributed by atoms with Gasteiger partial charge in [-0.3, -0.25) is 4.79 Å². The highest BCUT2D eigenvalue weighted by Gasteiger charge is 2.35. The summed E-state index contributed by atoms with van der Waals surface area (Å²) in [5.74, 6) is 0.618. The first-order chi connectivity index (χ1) is 11.9. The van der Waals surface area contributed by atoms with E-state index >= 15 is 0 Å². The fraction of sp³-hybridized carbons (Fsp3) is 0.278. The molecule has 132 valence electrons. The molecule has 0 fully saturated rings. The lowest BCUT2D eigenvalue weighted by Crippen LogP contribution is -2.35. The third-order valence-electron chi connectivity index (χ3n) is 3.98. The number of rotatable bonds is 4. The van der Waals surface area contributed by atoms with Gasteiger partial charge in [0.15, 0.2) is 0 Å². The molecule has 1 N–H and O–H groups in total. The second kappa shape index (κ2) is 6.66. The van der Waals surface area contributed by atoms with Gasteiger partial charge in [0.2, 0.25) is 0 Å². The van der Waals surface area contributed by atoms with Crippen molar-refractivity contribution < 1.29 is 27.4 Å². The first-order valence-corrected chi connectivity index (χ1v) is 7.66. The number of nitrogens with one attached hydrogen (secondary N) is 1. The van der Waals surface area contributed by atoms with Crippen molar-refractivity contribution in [3.8, 4) is 11.5 Å². The van der Waals surface area contributed by atoms with Gasteiger partial charge < -0.3 is 14.8 Å². The molecule has 2 aromatic rings. The summed E-state index contributed by atoms with van der Waals surface area (Å²) in [5, 5.41) is 2.52. The average molecular weight is 351 g/mol. The Hall–Kier alpha value is -2.70. The summed E-state index contributed by atoms with van der Waals surface area (Å²) in [5.41, 5.74) is -0.408. The van der Waals surface area contributed by atoms with Crippen LogP contribution in [0.1, 0.15) is 21.5 Å². The first kappa shape index (κ1) is 17.1. The topological polar surface area (TPSA) is 47.6 Å². The predicted octanol–water partition coefficient (Wildman–Crippen LogP) is 3.45. The average Bonchev–Trinajstić information content (AvgIpc) is 3.00. The maximum Gasteiger partial charge on any atom is 0.417 e. The minimum Gasteiger partial charge on any atom is -0.497 e. The predicted molar refractivity (Wildman–Crippen MR) is 84.9 cm³/mol. The van der Waals surface area contributed by atoms with Gasteiger partial charge in [0.25, 0.3) is 5.91 Å². The number of alkyl halides is 3. The van der Waals surface area contributed by atoms with Crippen LogP contribution in [0.4, 0.5) is 13.2 Å². The maximum atomic E-state index is 13.0. The number of halogens is 3. The van der Waals surface area contributed by atoms with Crippen LogP contribution in [0, 0.1) is 0 Å². The van der Waals surface area contributed by atoms with Crippen LogP contribution in [0.3, 0.4) is 0 Å². The van der Waals surface area contributed by atoms with Crippen molar-refractivity contribution in [2.75, 3.05) is 13.7 Å². The molecule has 1 aliphatic rings. The molecular formula is C18H16F3NO3. The van der Waals surface area contributed by atoms with Gasteiger partial charge in [-0.15, -0.1) is 0 Å². The molecule has 7 heteroatoms. The Morgan fingerprint density at radius 3 is 2.76 bits per heavy atom. The number of amides is 1. The van der Waals surface area contributed by atoms with Crippen molar-refractivity contribution in [2.45, 2.75) is 18.7 Å². The normalized spacial score (nSPS) is 16.1. The molecule has 0 saturated carbocycles. The number of ether oxygens (including phenoxy) is 2. The fourth-order valence-electron chi connectivity index (χ4n) is 2.77. The Balaban J connectivity index is 1.65. The van der Waals surface area contributed by atoms with Gasteiger partial charge >= 0.3 is 6.18 Å². The molecule has 0 radical (unpaired) electrons. The van der Waals surface area contributed by atoms with Gasteiger partial charge in [0.1, 0.15) is 17.6 Å². The van der Waals surface area contributed by atoms with Gasteiger partial charge in [-0.1, -0.05) is 12.1 Å². The Morgan fingerprint density at radius 2 is 2.04 bits per heavy atom. The van der Waals surface area contributed by atoms with E-state index in [0.29, 0.717) is 17.9 Å². The van der Waals surface area contributed by atoms with Crippen LogP contribution >= 0.6 is 0 Å². The van der Waals surface area contributed by atoms with E-state index in [1.165, 1.54) is 12.1 Å². The van der Waals surface area contributed by atoms with E-state index in [9.17, 15) is 18.0 Å². The molecule has 0 saturated heterocycles. The fourth-order valence-corrected chi connectivity index (χ4v) is 2.77. The molecule has 0 unspecified atom stereocenters. The van der Waals surface area contributed by atoms with Gasteiger partial charge in [-0.05, 0) is 30.3 Å². The monoisotopic (exact) mass is 351 g/mol. The van der Waals surface area contributed by atoms with Crippen molar-refractivity contribution in [3.05, 3.63) is 59.2 Å². The highest BCUT2D eigenvalue weighted by molar-refractivity contribution is 5.95. The van der Waals surface area contributed by atoms with Crippen LogP contribution in [0.2, 0.25) is 0 Å². The van der Waals surface area contributed by atoms with Crippen LogP contribution in [0.5, 0.6) is 11.5 Å². The van der Waals surface area contributed by atoms with Crippen LogP contribution < -0.4 is 14.8 Å². The molecule has 1 atom stereocenters. The van der Waals surface area contributed by atoms with Crippen LogP contribution in [0.25, 0.3) is 0 Å². The highest BCUT2D eigenvalue weighted by Crippen LogP contribution is 2.33. The van der Waals surface area contributed by atoms with Gasteiger partial charge in [0, 0.05) is 12.0 Å². The number of methoxy groups -OCH3 is 1. The third-order valence-corrected chi connectivity index (χ3v) is 3.98. The number of fused-ring (bicyclic) bond motifs is 1. The lowest BCUT2D eigenvalue weighted by atomic mass is 10.1. The SMILES string of the molecule is COc1ccc2c(c1)C[C@H](CNC(=O)c1ccccc1C(F)(F)F)O2. The van der Waals surface area contributed by atoms with E-state index in [0.717, 1.165) is 17.7 Å². The number of hydrogen-bond donors (Lipinski definition) is 1. The van der Waals surface area contributed by atoms with Gasteiger partial charge in [-0.25, -0.2) is 0 Å². The molecule has 0 spiro atoms. The maximum absolute atomic E-state index is 13.0. The van der Waals surface area contributed by atoms with Crippen LogP contribution in [-0.4, -0.2) is 25.7 Å². The Bertz CT molecular complexity index is 789. The number of benzene rings is 2.